The van der Waals surface area contributed by atoms with Crippen LogP contribution in [-0.4, -0.2) is 79.9 Å². The van der Waals surface area contributed by atoms with Crippen LogP contribution in [0.3, 0.4) is 0 Å². The lowest BCUT2D eigenvalue weighted by molar-refractivity contribution is -0.372. The Balaban J connectivity index is 1.44. The third kappa shape index (κ3) is 3.79. The van der Waals surface area contributed by atoms with E-state index in [2.05, 4.69) is 6.92 Å². The molecular formula is C19H32O8. The number of hydrogen-bond donors (Lipinski definition) is 1. The molecule has 0 aromatic rings. The molecule has 4 aliphatic rings. The highest BCUT2D eigenvalue weighted by molar-refractivity contribution is 4.94. The molecule has 12 atom stereocenters. The predicted octanol–water partition coefficient (Wildman–Crippen LogP) is 1.04. The summed E-state index contributed by atoms with van der Waals surface area (Å²) in [7, 11) is 0. The second-order valence-corrected chi connectivity index (χ2v) is 8.24. The summed E-state index contributed by atoms with van der Waals surface area (Å²) in [5.74, 6) is -0.0462. The van der Waals surface area contributed by atoms with Crippen molar-refractivity contribution in [3.05, 3.63) is 0 Å². The van der Waals surface area contributed by atoms with Gasteiger partial charge in [0.25, 0.3) is 0 Å². The van der Waals surface area contributed by atoms with Crippen LogP contribution in [0.2, 0.25) is 0 Å². The van der Waals surface area contributed by atoms with Crippen LogP contribution >= 0.6 is 0 Å². The van der Waals surface area contributed by atoms with E-state index >= 15 is 0 Å². The molecule has 0 spiro atoms. The van der Waals surface area contributed by atoms with Crippen molar-refractivity contribution in [1.29, 1.82) is 0 Å². The van der Waals surface area contributed by atoms with Gasteiger partial charge in [0.05, 0.1) is 37.6 Å². The standard InChI is InChI=1S/C19H32O8/c1-8-15(20)19(26-14-7-22-11(4)24-17(8)14)27-16-9(2)18-13(23-10(16)3)6-21-12(5)25-18/h8-20H,6-7H2,1-5H3. The first-order valence-corrected chi connectivity index (χ1v) is 10.0. The van der Waals surface area contributed by atoms with Gasteiger partial charge < -0.3 is 38.3 Å². The number of ether oxygens (including phenoxy) is 7. The normalized spacial score (nSPS) is 56.2. The predicted molar refractivity (Wildman–Crippen MR) is 92.8 cm³/mol. The average molecular weight is 388 g/mol. The molecule has 0 aromatic carbocycles. The van der Waals surface area contributed by atoms with Crippen LogP contribution < -0.4 is 0 Å². The molecule has 27 heavy (non-hydrogen) atoms. The molecule has 0 aromatic heterocycles. The Labute approximate surface area is 160 Å². The highest BCUT2D eigenvalue weighted by Gasteiger charge is 2.51. The van der Waals surface area contributed by atoms with E-state index in [4.69, 9.17) is 33.2 Å². The summed E-state index contributed by atoms with van der Waals surface area (Å²) in [6.07, 6.45) is -3.19. The minimum absolute atomic E-state index is 0.0767. The largest absolute Gasteiger partial charge is 0.387 e. The lowest BCUT2D eigenvalue weighted by Crippen LogP contribution is -2.63. The summed E-state index contributed by atoms with van der Waals surface area (Å²) < 4.78 is 41.2. The molecule has 8 nitrogen and oxygen atoms in total. The molecule has 4 aliphatic heterocycles. The van der Waals surface area contributed by atoms with E-state index in [0.717, 1.165) is 0 Å². The lowest BCUT2D eigenvalue weighted by atomic mass is 9.86. The average Bonchev–Trinajstić information content (AvgIpc) is 2.64. The Hall–Kier alpha value is -0.320. The Morgan fingerprint density at radius 1 is 0.741 bits per heavy atom. The van der Waals surface area contributed by atoms with Crippen molar-refractivity contribution < 1.29 is 38.3 Å². The van der Waals surface area contributed by atoms with E-state index < -0.39 is 12.4 Å². The molecular weight excluding hydrogens is 356 g/mol. The smallest absolute Gasteiger partial charge is 0.184 e. The molecule has 0 radical (unpaired) electrons. The van der Waals surface area contributed by atoms with Gasteiger partial charge in [-0.3, -0.25) is 0 Å². The lowest BCUT2D eigenvalue weighted by Gasteiger charge is -2.51. The molecule has 156 valence electrons. The number of aliphatic hydroxyl groups is 1. The fraction of sp³-hybridized carbons (Fsp3) is 1.00. The highest BCUT2D eigenvalue weighted by Crippen LogP contribution is 2.37. The van der Waals surface area contributed by atoms with Gasteiger partial charge in [-0.1, -0.05) is 13.8 Å². The summed E-state index contributed by atoms with van der Waals surface area (Å²) >= 11 is 0. The van der Waals surface area contributed by atoms with Gasteiger partial charge in [-0.05, 0) is 20.8 Å². The second-order valence-electron chi connectivity index (χ2n) is 8.24. The summed E-state index contributed by atoms with van der Waals surface area (Å²) in [4.78, 5) is 0. The maximum Gasteiger partial charge on any atom is 0.184 e. The summed E-state index contributed by atoms with van der Waals surface area (Å²) in [6.45, 7) is 10.7. The van der Waals surface area contributed by atoms with E-state index in [1.807, 2.05) is 27.7 Å². The minimum Gasteiger partial charge on any atom is -0.387 e. The van der Waals surface area contributed by atoms with E-state index in [1.165, 1.54) is 0 Å². The SMILES string of the molecule is CC1OCC2OC(OC3C(C)OC4COC(C)OC4C3C)C(O)C(C)C2O1. The Morgan fingerprint density at radius 2 is 1.30 bits per heavy atom. The van der Waals surface area contributed by atoms with Crippen molar-refractivity contribution >= 4 is 0 Å². The quantitative estimate of drug-likeness (QED) is 0.751. The maximum absolute atomic E-state index is 10.8. The van der Waals surface area contributed by atoms with Crippen molar-refractivity contribution in [2.75, 3.05) is 13.2 Å². The molecule has 4 fully saturated rings. The fourth-order valence-electron chi connectivity index (χ4n) is 4.67. The molecule has 8 heteroatoms. The van der Waals surface area contributed by atoms with Crippen LogP contribution in [0.15, 0.2) is 0 Å². The third-order valence-corrected chi connectivity index (χ3v) is 6.25. The van der Waals surface area contributed by atoms with Crippen LogP contribution in [0.5, 0.6) is 0 Å². The molecule has 0 aliphatic carbocycles. The number of rotatable bonds is 2. The molecule has 0 amide bonds. The summed E-state index contributed by atoms with van der Waals surface area (Å²) in [5, 5.41) is 10.8. The highest BCUT2D eigenvalue weighted by atomic mass is 16.8. The third-order valence-electron chi connectivity index (χ3n) is 6.25. The second kappa shape index (κ2) is 7.84. The van der Waals surface area contributed by atoms with Gasteiger partial charge in [-0.15, -0.1) is 0 Å². The van der Waals surface area contributed by atoms with Gasteiger partial charge in [0.2, 0.25) is 0 Å². The van der Waals surface area contributed by atoms with E-state index in [1.54, 1.807) is 0 Å². The first kappa shape index (κ1) is 20.0. The molecule has 4 saturated heterocycles. The van der Waals surface area contributed by atoms with E-state index in [-0.39, 0.29) is 61.0 Å². The van der Waals surface area contributed by atoms with E-state index in [9.17, 15) is 5.11 Å². The molecule has 12 unspecified atom stereocenters. The first-order chi connectivity index (χ1) is 12.8. The summed E-state index contributed by atoms with van der Waals surface area (Å²) in [5.41, 5.74) is 0. The van der Waals surface area contributed by atoms with Crippen molar-refractivity contribution in [1.82, 2.24) is 0 Å². The zero-order valence-corrected chi connectivity index (χ0v) is 16.6. The molecule has 4 heterocycles. The van der Waals surface area contributed by atoms with Crippen molar-refractivity contribution in [2.45, 2.75) is 96.2 Å². The Bertz CT molecular complexity index is 516. The molecule has 1 N–H and O–H groups in total. The molecule has 0 bridgehead atoms. The van der Waals surface area contributed by atoms with Gasteiger partial charge in [0.1, 0.15) is 18.3 Å². The summed E-state index contributed by atoms with van der Waals surface area (Å²) in [6, 6.07) is 0. The van der Waals surface area contributed by atoms with E-state index in [0.29, 0.717) is 13.2 Å². The van der Waals surface area contributed by atoms with Gasteiger partial charge >= 0.3 is 0 Å². The Morgan fingerprint density at radius 3 is 1.93 bits per heavy atom. The van der Waals surface area contributed by atoms with Crippen LogP contribution in [0.25, 0.3) is 0 Å². The van der Waals surface area contributed by atoms with Gasteiger partial charge in [0.15, 0.2) is 18.9 Å². The van der Waals surface area contributed by atoms with Crippen molar-refractivity contribution in [2.24, 2.45) is 11.8 Å². The van der Waals surface area contributed by atoms with Gasteiger partial charge in [-0.25, -0.2) is 0 Å². The van der Waals surface area contributed by atoms with Gasteiger partial charge in [-0.2, -0.15) is 0 Å². The van der Waals surface area contributed by atoms with Crippen molar-refractivity contribution in [3.8, 4) is 0 Å². The number of aliphatic hydroxyl groups excluding tert-OH is 1. The van der Waals surface area contributed by atoms with Crippen LogP contribution in [-0.2, 0) is 33.2 Å². The molecule has 4 rings (SSSR count). The molecule has 0 saturated carbocycles. The zero-order valence-electron chi connectivity index (χ0n) is 16.6. The minimum atomic E-state index is -0.789. The first-order valence-electron chi connectivity index (χ1n) is 10.0. The van der Waals surface area contributed by atoms with Crippen LogP contribution in [0, 0.1) is 11.8 Å². The number of hydrogen-bond acceptors (Lipinski definition) is 8. The van der Waals surface area contributed by atoms with Gasteiger partial charge in [0, 0.05) is 11.8 Å². The van der Waals surface area contributed by atoms with Crippen LogP contribution in [0.4, 0.5) is 0 Å². The topological polar surface area (TPSA) is 84.8 Å². The number of fused-ring (bicyclic) bond motifs is 2. The maximum atomic E-state index is 10.8. The van der Waals surface area contributed by atoms with Crippen LogP contribution in [0.1, 0.15) is 34.6 Å². The van der Waals surface area contributed by atoms with Crippen molar-refractivity contribution in [3.63, 3.8) is 0 Å². The fourth-order valence-corrected chi connectivity index (χ4v) is 4.67. The monoisotopic (exact) mass is 388 g/mol. The zero-order chi connectivity index (χ0) is 19.3. The Kier molecular flexibility index (Phi) is 5.80.